The van der Waals surface area contributed by atoms with Crippen LogP contribution >= 0.6 is 0 Å². The predicted octanol–water partition coefficient (Wildman–Crippen LogP) is -5.03. The van der Waals surface area contributed by atoms with Crippen LogP contribution in [0.25, 0.3) is 0 Å². The van der Waals surface area contributed by atoms with Crippen LogP contribution in [0, 0.1) is 0 Å². The average Bonchev–Trinajstić information content (AvgIpc) is 2.71. The smallest absolute Gasteiger partial charge is 0.303 e. The highest BCUT2D eigenvalue weighted by Gasteiger charge is 2.29. The molecule has 15 nitrogen and oxygen atoms in total. The first-order valence-electron chi connectivity index (χ1n) is 9.42. The molecule has 0 saturated carbocycles. The quantitative estimate of drug-likeness (QED) is 0.101. The summed E-state index contributed by atoms with van der Waals surface area (Å²) in [6, 6.07) is -5.54. The van der Waals surface area contributed by atoms with Crippen molar-refractivity contribution in [1.82, 2.24) is 16.0 Å². The van der Waals surface area contributed by atoms with Crippen molar-refractivity contribution in [3.05, 3.63) is 0 Å². The first-order valence-corrected chi connectivity index (χ1v) is 9.42. The minimum Gasteiger partial charge on any atom is -0.481 e. The van der Waals surface area contributed by atoms with E-state index in [1.807, 2.05) is 0 Å². The van der Waals surface area contributed by atoms with E-state index in [9.17, 15) is 38.7 Å². The van der Waals surface area contributed by atoms with Gasteiger partial charge in [-0.25, -0.2) is 0 Å². The number of amides is 5. The standard InChI is InChI=1S/C17H28N6O9/c18-9(1-4-14(28)29)15(30)23-11(7-25)17(32)22-10(2-3-12(19)26)16(31)21-8(6-24)5-13(20)27/h6,8-11,25H,1-5,7,18H2,(H2,19,26)(H2,20,27)(H,21,31)(H,22,32)(H,23,30)(H,28,29)/t8-,9-,10-,11-/m0/s1. The summed E-state index contributed by atoms with van der Waals surface area (Å²) in [6.07, 6.45) is -1.50. The van der Waals surface area contributed by atoms with E-state index < -0.39 is 79.1 Å². The Hall–Kier alpha value is -3.59. The molecule has 0 unspecified atom stereocenters. The van der Waals surface area contributed by atoms with Gasteiger partial charge >= 0.3 is 5.97 Å². The van der Waals surface area contributed by atoms with Gasteiger partial charge in [-0.15, -0.1) is 0 Å². The maximum absolute atomic E-state index is 12.4. The molecule has 0 spiro atoms. The summed E-state index contributed by atoms with van der Waals surface area (Å²) in [7, 11) is 0. The molecule has 0 aromatic heterocycles. The van der Waals surface area contributed by atoms with E-state index in [2.05, 4.69) is 16.0 Å². The molecule has 180 valence electrons. The normalized spacial score (nSPS) is 14.2. The Bertz CT molecular complexity index is 729. The molecule has 0 aliphatic carbocycles. The highest BCUT2D eigenvalue weighted by Crippen LogP contribution is 2.02. The van der Waals surface area contributed by atoms with Crippen molar-refractivity contribution in [3.8, 4) is 0 Å². The van der Waals surface area contributed by atoms with Gasteiger partial charge in [-0.2, -0.15) is 0 Å². The van der Waals surface area contributed by atoms with Crippen molar-refractivity contribution in [2.75, 3.05) is 6.61 Å². The number of carbonyl (C=O) groups is 7. The third-order valence-corrected chi connectivity index (χ3v) is 4.05. The first-order chi connectivity index (χ1) is 14.9. The molecule has 15 heteroatoms. The van der Waals surface area contributed by atoms with E-state index in [0.29, 0.717) is 0 Å². The number of hydrogen-bond donors (Lipinski definition) is 8. The number of rotatable bonds is 16. The fourth-order valence-electron chi connectivity index (χ4n) is 2.34. The maximum Gasteiger partial charge on any atom is 0.303 e. The van der Waals surface area contributed by atoms with Crippen LogP contribution in [0.2, 0.25) is 0 Å². The fraction of sp³-hybridized carbons (Fsp3) is 0.588. The van der Waals surface area contributed by atoms with Gasteiger partial charge in [0.15, 0.2) is 0 Å². The van der Waals surface area contributed by atoms with Gasteiger partial charge in [0.05, 0.1) is 25.1 Å². The van der Waals surface area contributed by atoms with Gasteiger partial charge < -0.3 is 48.2 Å². The number of nitrogens with two attached hydrogens (primary N) is 3. The van der Waals surface area contributed by atoms with Crippen molar-refractivity contribution in [1.29, 1.82) is 0 Å². The minimum atomic E-state index is -1.56. The first kappa shape index (κ1) is 28.4. The summed E-state index contributed by atoms with van der Waals surface area (Å²) in [4.78, 5) is 80.4. The summed E-state index contributed by atoms with van der Waals surface area (Å²) in [5, 5.41) is 24.5. The van der Waals surface area contributed by atoms with Gasteiger partial charge in [-0.1, -0.05) is 0 Å². The van der Waals surface area contributed by atoms with Crippen molar-refractivity contribution >= 4 is 41.8 Å². The Morgan fingerprint density at radius 3 is 1.84 bits per heavy atom. The Kier molecular flexibility index (Phi) is 12.8. The van der Waals surface area contributed by atoms with Crippen LogP contribution in [-0.2, 0) is 33.6 Å². The van der Waals surface area contributed by atoms with Crippen molar-refractivity contribution in [2.24, 2.45) is 17.2 Å². The van der Waals surface area contributed by atoms with Crippen LogP contribution in [0.1, 0.15) is 32.1 Å². The second-order valence-electron chi connectivity index (χ2n) is 6.77. The van der Waals surface area contributed by atoms with Crippen molar-refractivity contribution in [3.63, 3.8) is 0 Å². The molecule has 0 aromatic carbocycles. The number of aldehydes is 1. The molecule has 32 heavy (non-hydrogen) atoms. The molecule has 0 aliphatic rings. The lowest BCUT2D eigenvalue weighted by atomic mass is 10.1. The number of aliphatic hydroxyl groups excluding tert-OH is 1. The van der Waals surface area contributed by atoms with Gasteiger partial charge in [0.2, 0.25) is 29.5 Å². The molecule has 11 N–H and O–H groups in total. The number of primary amides is 2. The minimum absolute atomic E-state index is 0.225. The van der Waals surface area contributed by atoms with Crippen molar-refractivity contribution < 1.29 is 43.8 Å². The Labute approximate surface area is 182 Å². The number of nitrogens with one attached hydrogen (secondary N) is 3. The predicted molar refractivity (Wildman–Crippen MR) is 106 cm³/mol. The molecule has 0 radical (unpaired) electrons. The highest BCUT2D eigenvalue weighted by atomic mass is 16.4. The van der Waals surface area contributed by atoms with E-state index in [0.717, 1.165) is 0 Å². The molecule has 0 bridgehead atoms. The molecule has 0 rings (SSSR count). The Balaban J connectivity index is 5.22. The fourth-order valence-corrected chi connectivity index (χ4v) is 2.34. The van der Waals surface area contributed by atoms with Gasteiger partial charge in [-0.05, 0) is 12.8 Å². The lowest BCUT2D eigenvalue weighted by molar-refractivity contribution is -0.137. The number of carboxylic acids is 1. The number of carbonyl (C=O) groups excluding carboxylic acids is 6. The van der Waals surface area contributed by atoms with Crippen LogP contribution in [-0.4, -0.2) is 82.8 Å². The maximum atomic E-state index is 12.4. The second-order valence-corrected chi connectivity index (χ2v) is 6.77. The monoisotopic (exact) mass is 460 g/mol. The van der Waals surface area contributed by atoms with E-state index in [4.69, 9.17) is 22.3 Å². The van der Waals surface area contributed by atoms with Gasteiger partial charge in [0, 0.05) is 12.8 Å². The Morgan fingerprint density at radius 2 is 1.38 bits per heavy atom. The number of aliphatic carboxylic acids is 1. The van der Waals surface area contributed by atoms with Crippen LogP contribution < -0.4 is 33.2 Å². The largest absolute Gasteiger partial charge is 0.481 e. The van der Waals surface area contributed by atoms with Crippen LogP contribution in [0.3, 0.4) is 0 Å². The highest BCUT2D eigenvalue weighted by molar-refractivity contribution is 5.94. The molecule has 0 fully saturated rings. The number of hydrogen-bond acceptors (Lipinski definition) is 9. The molecule has 5 amide bonds. The summed E-state index contributed by atoms with van der Waals surface area (Å²) in [5.41, 5.74) is 15.6. The third-order valence-electron chi connectivity index (χ3n) is 4.05. The Morgan fingerprint density at radius 1 is 0.812 bits per heavy atom. The van der Waals surface area contributed by atoms with E-state index in [1.165, 1.54) is 0 Å². The molecular weight excluding hydrogens is 432 g/mol. The van der Waals surface area contributed by atoms with Crippen LogP contribution in [0.5, 0.6) is 0 Å². The second kappa shape index (κ2) is 14.4. The lowest BCUT2D eigenvalue weighted by Gasteiger charge is -2.23. The van der Waals surface area contributed by atoms with E-state index >= 15 is 0 Å². The van der Waals surface area contributed by atoms with Crippen LogP contribution in [0.15, 0.2) is 0 Å². The number of carboxylic acid groups (broad SMARTS) is 1. The zero-order chi connectivity index (χ0) is 24.8. The molecule has 0 heterocycles. The van der Waals surface area contributed by atoms with E-state index in [-0.39, 0.29) is 25.5 Å². The van der Waals surface area contributed by atoms with Crippen molar-refractivity contribution in [2.45, 2.75) is 56.3 Å². The topological polar surface area (TPSA) is 274 Å². The summed E-state index contributed by atoms with van der Waals surface area (Å²) in [6.45, 7) is -0.897. The van der Waals surface area contributed by atoms with Crippen LogP contribution in [0.4, 0.5) is 0 Å². The van der Waals surface area contributed by atoms with Gasteiger partial charge in [-0.3, -0.25) is 28.8 Å². The molecule has 4 atom stereocenters. The zero-order valence-electron chi connectivity index (χ0n) is 17.1. The molecule has 0 aromatic rings. The summed E-state index contributed by atoms with van der Waals surface area (Å²) >= 11 is 0. The summed E-state index contributed by atoms with van der Waals surface area (Å²) < 4.78 is 0. The number of aliphatic hydroxyl groups is 1. The third kappa shape index (κ3) is 11.6. The average molecular weight is 460 g/mol. The van der Waals surface area contributed by atoms with Gasteiger partial charge in [0.25, 0.3) is 0 Å². The lowest BCUT2D eigenvalue weighted by Crippen LogP contribution is -2.58. The van der Waals surface area contributed by atoms with Gasteiger partial charge in [0.1, 0.15) is 18.4 Å². The SMILES string of the molecule is NC(=O)CC[C@H](NC(=O)[C@H](CO)NC(=O)[C@@H](N)CCC(=O)O)C(=O)N[C@H](C=O)CC(N)=O. The molecular formula is C17H28N6O9. The van der Waals surface area contributed by atoms with E-state index in [1.54, 1.807) is 0 Å². The molecule has 0 saturated heterocycles. The molecule has 0 aliphatic heterocycles. The summed E-state index contributed by atoms with van der Waals surface area (Å²) in [5.74, 6) is -5.74. The zero-order valence-corrected chi connectivity index (χ0v) is 17.1.